The number of carboxylic acids is 1. The van der Waals surface area contributed by atoms with Gasteiger partial charge in [0.25, 0.3) is 0 Å². The van der Waals surface area contributed by atoms with Gasteiger partial charge in [0, 0.05) is 12.6 Å². The third kappa shape index (κ3) is 1.90. The summed E-state index contributed by atoms with van der Waals surface area (Å²) in [5.74, 6) is -0.995. The molecule has 0 aliphatic heterocycles. The van der Waals surface area contributed by atoms with Crippen LogP contribution in [0.1, 0.15) is 27.2 Å². The maximum absolute atomic E-state index is 11.2. The van der Waals surface area contributed by atoms with Crippen molar-refractivity contribution in [1.82, 2.24) is 9.55 Å². The van der Waals surface area contributed by atoms with E-state index in [2.05, 4.69) is 17.1 Å². The van der Waals surface area contributed by atoms with Crippen LogP contribution in [0.15, 0.2) is 18.5 Å². The summed E-state index contributed by atoms with van der Waals surface area (Å²) < 4.78 is 1.76. The number of nitrogens with zero attached hydrogens (tertiary/aromatic N) is 2. The van der Waals surface area contributed by atoms with Crippen LogP contribution in [0.25, 0.3) is 11.3 Å². The van der Waals surface area contributed by atoms with E-state index in [9.17, 15) is 9.90 Å². The van der Waals surface area contributed by atoms with Gasteiger partial charge in [0.05, 0.1) is 12.0 Å². The van der Waals surface area contributed by atoms with Gasteiger partial charge < -0.3 is 9.67 Å². The lowest BCUT2D eigenvalue weighted by Crippen LogP contribution is -2.03. The molecule has 94 valence electrons. The quantitative estimate of drug-likeness (QED) is 0.883. The number of aryl methyl sites for hydroxylation is 4. The van der Waals surface area contributed by atoms with E-state index in [0.29, 0.717) is 5.69 Å². The van der Waals surface area contributed by atoms with Crippen LogP contribution in [0, 0.1) is 20.8 Å². The molecular weight excluding hydrogens is 228 g/mol. The Morgan fingerprint density at radius 1 is 1.22 bits per heavy atom. The van der Waals surface area contributed by atoms with E-state index in [1.54, 1.807) is 4.57 Å². The lowest BCUT2D eigenvalue weighted by molar-refractivity contribution is 0.0692. The second-order valence-electron chi connectivity index (χ2n) is 4.63. The van der Waals surface area contributed by atoms with Gasteiger partial charge in [-0.15, -0.1) is 0 Å². The molecule has 18 heavy (non-hydrogen) atoms. The standard InChI is InChI=1S/C14H16N2O2/c1-8-5-9(2)11(10(3)6-8)13-12(14(17)18)15-7-16(13)4/h5-7H,1-4H3,(H,17,18). The Bertz CT molecular complexity index is 604. The summed E-state index contributed by atoms with van der Waals surface area (Å²) in [4.78, 5) is 15.2. The Labute approximate surface area is 106 Å². The van der Waals surface area contributed by atoms with E-state index in [1.807, 2.05) is 27.8 Å². The molecule has 0 fully saturated rings. The third-order valence-corrected chi connectivity index (χ3v) is 3.05. The number of carbonyl (C=O) groups is 1. The highest BCUT2D eigenvalue weighted by Crippen LogP contribution is 2.30. The van der Waals surface area contributed by atoms with Crippen molar-refractivity contribution < 1.29 is 9.90 Å². The largest absolute Gasteiger partial charge is 0.476 e. The lowest BCUT2D eigenvalue weighted by atomic mass is 9.96. The molecule has 0 bridgehead atoms. The molecule has 0 saturated carbocycles. The van der Waals surface area contributed by atoms with Gasteiger partial charge in [0.1, 0.15) is 0 Å². The number of carboxylic acid groups (broad SMARTS) is 1. The molecule has 4 nitrogen and oxygen atoms in total. The lowest BCUT2D eigenvalue weighted by Gasteiger charge is -2.12. The zero-order chi connectivity index (χ0) is 13.4. The van der Waals surface area contributed by atoms with Crippen LogP contribution < -0.4 is 0 Å². The fourth-order valence-corrected chi connectivity index (χ4v) is 2.44. The normalized spacial score (nSPS) is 10.7. The SMILES string of the molecule is Cc1cc(C)c(-c2c(C(=O)O)ncn2C)c(C)c1. The number of hydrogen-bond donors (Lipinski definition) is 1. The highest BCUT2D eigenvalue weighted by Gasteiger charge is 2.20. The van der Waals surface area contributed by atoms with Gasteiger partial charge in [0.15, 0.2) is 5.69 Å². The van der Waals surface area contributed by atoms with Gasteiger partial charge in [-0.25, -0.2) is 9.78 Å². The number of aromatic carboxylic acids is 1. The fraction of sp³-hybridized carbons (Fsp3) is 0.286. The van der Waals surface area contributed by atoms with Gasteiger partial charge in [-0.1, -0.05) is 17.7 Å². The van der Waals surface area contributed by atoms with Crippen molar-refractivity contribution in [2.24, 2.45) is 7.05 Å². The summed E-state index contributed by atoms with van der Waals surface area (Å²) in [7, 11) is 1.81. The number of rotatable bonds is 2. The summed E-state index contributed by atoms with van der Waals surface area (Å²) in [6, 6.07) is 4.11. The van der Waals surface area contributed by atoms with Crippen LogP contribution in [0.4, 0.5) is 0 Å². The zero-order valence-electron chi connectivity index (χ0n) is 11.0. The average molecular weight is 244 g/mol. The first-order valence-corrected chi connectivity index (χ1v) is 5.74. The van der Waals surface area contributed by atoms with Crippen molar-refractivity contribution in [3.8, 4) is 11.3 Å². The Morgan fingerprint density at radius 2 is 1.78 bits per heavy atom. The van der Waals surface area contributed by atoms with Crippen LogP contribution >= 0.6 is 0 Å². The Kier molecular flexibility index (Phi) is 2.95. The number of aromatic nitrogens is 2. The van der Waals surface area contributed by atoms with Crippen molar-refractivity contribution in [2.75, 3.05) is 0 Å². The molecule has 0 unspecified atom stereocenters. The average Bonchev–Trinajstić information content (AvgIpc) is 2.59. The van der Waals surface area contributed by atoms with Crippen molar-refractivity contribution in [1.29, 1.82) is 0 Å². The van der Waals surface area contributed by atoms with Crippen molar-refractivity contribution in [3.05, 3.63) is 40.8 Å². The fourth-order valence-electron chi connectivity index (χ4n) is 2.44. The molecule has 1 aromatic heterocycles. The number of benzene rings is 1. The summed E-state index contributed by atoms with van der Waals surface area (Å²) in [6.07, 6.45) is 1.54. The topological polar surface area (TPSA) is 55.1 Å². The van der Waals surface area contributed by atoms with Gasteiger partial charge in [-0.3, -0.25) is 0 Å². The Balaban J connectivity index is 2.77. The minimum Gasteiger partial charge on any atom is -0.476 e. The molecule has 0 amide bonds. The van der Waals surface area contributed by atoms with Crippen LogP contribution in [0.2, 0.25) is 0 Å². The molecule has 0 aliphatic rings. The molecule has 0 spiro atoms. The summed E-state index contributed by atoms with van der Waals surface area (Å²) in [5.41, 5.74) is 5.04. The first-order valence-electron chi connectivity index (χ1n) is 5.74. The van der Waals surface area contributed by atoms with Gasteiger partial charge in [-0.2, -0.15) is 0 Å². The number of imidazole rings is 1. The van der Waals surface area contributed by atoms with Gasteiger partial charge >= 0.3 is 5.97 Å². The summed E-state index contributed by atoms with van der Waals surface area (Å²) in [5, 5.41) is 9.20. The second kappa shape index (κ2) is 4.29. The van der Waals surface area contributed by atoms with E-state index in [4.69, 9.17) is 0 Å². The van der Waals surface area contributed by atoms with E-state index in [0.717, 1.165) is 16.7 Å². The second-order valence-corrected chi connectivity index (χ2v) is 4.63. The van der Waals surface area contributed by atoms with Crippen molar-refractivity contribution in [3.63, 3.8) is 0 Å². The van der Waals surface area contributed by atoms with E-state index in [1.165, 1.54) is 11.9 Å². The van der Waals surface area contributed by atoms with Gasteiger partial charge in [-0.05, 0) is 31.9 Å². The highest BCUT2D eigenvalue weighted by molar-refractivity contribution is 5.94. The Hall–Kier alpha value is -2.10. The Morgan fingerprint density at radius 3 is 2.28 bits per heavy atom. The predicted octanol–water partition coefficient (Wildman–Crippen LogP) is 2.71. The molecule has 1 aromatic carbocycles. The maximum Gasteiger partial charge on any atom is 0.356 e. The minimum atomic E-state index is -0.995. The first kappa shape index (κ1) is 12.4. The first-order chi connectivity index (χ1) is 8.41. The van der Waals surface area contributed by atoms with Gasteiger partial charge in [0.2, 0.25) is 0 Å². The van der Waals surface area contributed by atoms with E-state index < -0.39 is 5.97 Å². The predicted molar refractivity (Wildman–Crippen MR) is 69.8 cm³/mol. The maximum atomic E-state index is 11.2. The third-order valence-electron chi connectivity index (χ3n) is 3.05. The molecule has 0 atom stereocenters. The smallest absolute Gasteiger partial charge is 0.356 e. The minimum absolute atomic E-state index is 0.104. The van der Waals surface area contributed by atoms with Crippen molar-refractivity contribution >= 4 is 5.97 Å². The molecular formula is C14H16N2O2. The monoisotopic (exact) mass is 244 g/mol. The van der Waals surface area contributed by atoms with E-state index >= 15 is 0 Å². The zero-order valence-corrected chi connectivity index (χ0v) is 11.0. The number of hydrogen-bond acceptors (Lipinski definition) is 2. The van der Waals surface area contributed by atoms with E-state index in [-0.39, 0.29) is 5.69 Å². The van der Waals surface area contributed by atoms with Crippen LogP contribution in [0.5, 0.6) is 0 Å². The van der Waals surface area contributed by atoms with Crippen molar-refractivity contribution in [2.45, 2.75) is 20.8 Å². The summed E-state index contributed by atoms with van der Waals surface area (Å²) >= 11 is 0. The molecule has 2 aromatic rings. The molecule has 0 aliphatic carbocycles. The van der Waals surface area contributed by atoms with Crippen LogP contribution in [0.3, 0.4) is 0 Å². The molecule has 2 rings (SSSR count). The van der Waals surface area contributed by atoms with Crippen LogP contribution in [-0.4, -0.2) is 20.6 Å². The molecule has 4 heteroatoms. The molecule has 1 heterocycles. The summed E-state index contributed by atoms with van der Waals surface area (Å²) in [6.45, 7) is 6.02. The highest BCUT2D eigenvalue weighted by atomic mass is 16.4. The molecule has 0 radical (unpaired) electrons. The van der Waals surface area contributed by atoms with Crippen LogP contribution in [-0.2, 0) is 7.05 Å². The molecule has 1 N–H and O–H groups in total. The molecule has 0 saturated heterocycles.